The fourth-order valence-corrected chi connectivity index (χ4v) is 12.2. The molecule has 6 aromatic rings. The average molecular weight is 1290 g/mol. The molecule has 3 N–H and O–H groups in total. The standard InChI is InChI=1S/3C22H24BrNO3/c2*1-12(2)22(5)11-16-9-15(10-18(23)20(16)27-22)19(25)7-6-17-13(3)8-14(4)24-21(17)26;1-12-8-17-9-16(10-19(23)21(17)27-11-14(12)3)20(25)6-5-18-13(2)7-15(4)24-22(18)26/h2*8-10H,1,6-7,11H2,2-5H3,(H,24,26);7,9-10H,5-6,8,11H2,1-4H3,(H,24,26). The zero-order valence-corrected chi connectivity index (χ0v) is 53.2. The van der Waals surface area contributed by atoms with Crippen molar-refractivity contribution >= 4 is 65.1 Å². The summed E-state index contributed by atoms with van der Waals surface area (Å²) in [6, 6.07) is 17.0. The number of pyridine rings is 3. The molecule has 0 saturated heterocycles. The second-order valence-corrected chi connectivity index (χ2v) is 25.1. The van der Waals surface area contributed by atoms with Crippen molar-refractivity contribution in [2.75, 3.05) is 6.61 Å². The molecule has 9 rings (SSSR count). The smallest absolute Gasteiger partial charge is 0.251 e. The van der Waals surface area contributed by atoms with Crippen molar-refractivity contribution < 1.29 is 28.6 Å². The molecular weight excluding hydrogens is 1220 g/mol. The Hall–Kier alpha value is -6.42. The summed E-state index contributed by atoms with van der Waals surface area (Å²) in [6.07, 6.45) is 4.31. The molecule has 0 spiro atoms. The van der Waals surface area contributed by atoms with Crippen LogP contribution in [-0.4, -0.2) is 50.1 Å². The van der Waals surface area contributed by atoms with Gasteiger partial charge in [0.15, 0.2) is 17.3 Å². The van der Waals surface area contributed by atoms with Crippen LogP contribution in [0.2, 0.25) is 0 Å². The highest BCUT2D eigenvalue weighted by molar-refractivity contribution is 9.11. The molecule has 12 nitrogen and oxygen atoms in total. The quantitative estimate of drug-likeness (QED) is 0.0707. The van der Waals surface area contributed by atoms with Crippen LogP contribution in [0.25, 0.3) is 0 Å². The number of rotatable bonds is 14. The minimum atomic E-state index is -0.446. The van der Waals surface area contributed by atoms with Gasteiger partial charge in [0.05, 0.1) is 13.4 Å². The molecule has 0 fully saturated rings. The van der Waals surface area contributed by atoms with Crippen molar-refractivity contribution in [1.82, 2.24) is 15.0 Å². The lowest BCUT2D eigenvalue weighted by Crippen LogP contribution is -2.31. The van der Waals surface area contributed by atoms with Gasteiger partial charge in [-0.2, -0.15) is 0 Å². The maximum absolute atomic E-state index is 12.8. The predicted molar refractivity (Wildman–Crippen MR) is 333 cm³/mol. The van der Waals surface area contributed by atoms with Gasteiger partial charge in [-0.15, -0.1) is 0 Å². The van der Waals surface area contributed by atoms with Crippen molar-refractivity contribution in [3.8, 4) is 17.2 Å². The molecule has 3 aromatic heterocycles. The van der Waals surface area contributed by atoms with E-state index in [0.717, 1.165) is 98.7 Å². The summed E-state index contributed by atoms with van der Waals surface area (Å²) in [7, 11) is 0. The van der Waals surface area contributed by atoms with Crippen LogP contribution in [-0.2, 0) is 38.5 Å². The van der Waals surface area contributed by atoms with E-state index in [1.807, 2.05) is 112 Å². The second kappa shape index (κ2) is 25.4. The zero-order valence-electron chi connectivity index (χ0n) is 48.5. The molecule has 0 amide bonds. The molecule has 2 unspecified atom stereocenters. The Labute approximate surface area is 499 Å². The number of halogens is 3. The predicted octanol–water partition coefficient (Wildman–Crippen LogP) is 14.5. The molecule has 15 heteroatoms. The third-order valence-corrected chi connectivity index (χ3v) is 17.5. The lowest BCUT2D eigenvalue weighted by atomic mass is 9.91. The van der Waals surface area contributed by atoms with Gasteiger partial charge >= 0.3 is 0 Å². The SMILES string of the molecule is C=C(C)C1(C)Cc2cc(C(=O)CCc3c(C)cc(C)[nH]c3=O)cc(Br)c2O1.C=C(C)C1(C)Cc2cc(C(=O)CCc3c(C)cc(C)[nH]c3=O)cc(Br)c2O1.CC1=C(C)Cc2cc(C(=O)CCc3c(C)cc(C)[nH]c3=O)cc(Br)c2OC1. The van der Waals surface area contributed by atoms with Gasteiger partial charge in [0.2, 0.25) is 0 Å². The minimum Gasteiger partial charge on any atom is -0.488 e. The number of aromatic amines is 3. The van der Waals surface area contributed by atoms with Gasteiger partial charge < -0.3 is 29.2 Å². The van der Waals surface area contributed by atoms with E-state index in [-0.39, 0.29) is 46.9 Å². The number of H-pyrrole nitrogens is 3. The molecule has 3 aromatic carbocycles. The lowest BCUT2D eigenvalue weighted by molar-refractivity contribution is 0.0974. The van der Waals surface area contributed by atoms with Crippen LogP contribution in [0.5, 0.6) is 17.2 Å². The molecule has 0 radical (unpaired) electrons. The monoisotopic (exact) mass is 1290 g/mol. The maximum Gasteiger partial charge on any atom is 0.251 e. The van der Waals surface area contributed by atoms with E-state index >= 15 is 0 Å². The Kier molecular flexibility index (Phi) is 19.5. The molecule has 3 aliphatic rings. The largest absolute Gasteiger partial charge is 0.488 e. The number of benzene rings is 3. The first-order valence-corrected chi connectivity index (χ1v) is 29.5. The number of nitrogens with one attached hydrogen (secondary N) is 3. The first kappa shape index (κ1) is 62.2. The third kappa shape index (κ3) is 14.4. The second-order valence-electron chi connectivity index (χ2n) is 22.5. The zero-order chi connectivity index (χ0) is 59.6. The number of allylic oxidation sites excluding steroid dienone is 1. The third-order valence-electron chi connectivity index (χ3n) is 15.7. The first-order valence-electron chi connectivity index (χ1n) is 27.1. The van der Waals surface area contributed by atoms with E-state index < -0.39 is 11.2 Å². The number of hydrogen-bond donors (Lipinski definition) is 3. The van der Waals surface area contributed by atoms with Gasteiger partial charge in [0, 0.05) is 99.3 Å². The lowest BCUT2D eigenvalue weighted by Gasteiger charge is -2.24. The summed E-state index contributed by atoms with van der Waals surface area (Å²) in [6.45, 7) is 32.0. The van der Waals surface area contributed by atoms with Gasteiger partial charge in [-0.1, -0.05) is 18.7 Å². The van der Waals surface area contributed by atoms with Gasteiger partial charge in [-0.05, 0) is 245 Å². The number of Topliss-reactive ketones (excluding diaryl/α,β-unsaturated/α-hetero) is 3. The van der Waals surface area contributed by atoms with Crippen molar-refractivity contribution in [2.45, 2.75) is 152 Å². The molecule has 6 heterocycles. The van der Waals surface area contributed by atoms with Crippen LogP contribution in [0, 0.1) is 41.5 Å². The van der Waals surface area contributed by atoms with Crippen molar-refractivity contribution in [3.05, 3.63) is 218 Å². The average Bonchev–Trinajstić information content (AvgIpc) is 4.12. The number of hydrogen-bond acceptors (Lipinski definition) is 9. The summed E-state index contributed by atoms with van der Waals surface area (Å²) in [5.74, 6) is 2.43. The fourth-order valence-electron chi connectivity index (χ4n) is 10.4. The molecule has 0 saturated carbocycles. The van der Waals surface area contributed by atoms with Crippen molar-refractivity contribution in [2.24, 2.45) is 0 Å². The van der Waals surface area contributed by atoms with Gasteiger partial charge in [-0.25, -0.2) is 0 Å². The maximum atomic E-state index is 12.8. The van der Waals surface area contributed by atoms with Crippen LogP contribution < -0.4 is 30.9 Å². The van der Waals surface area contributed by atoms with Crippen LogP contribution in [0.3, 0.4) is 0 Å². The highest BCUT2D eigenvalue weighted by atomic mass is 79.9. The van der Waals surface area contributed by atoms with E-state index in [0.29, 0.717) is 78.5 Å². The molecule has 2 atom stereocenters. The molecular formula is C66H72Br3N3O9. The minimum absolute atomic E-state index is 0.0156. The number of aryl methyl sites for hydroxylation is 6. The highest BCUT2D eigenvalue weighted by Crippen LogP contribution is 2.45. The number of aromatic nitrogens is 3. The summed E-state index contributed by atoms with van der Waals surface area (Å²) < 4.78 is 20.4. The molecule has 0 aliphatic carbocycles. The first-order chi connectivity index (χ1) is 38.0. The summed E-state index contributed by atoms with van der Waals surface area (Å²) in [5.41, 5.74) is 15.4. The van der Waals surface area contributed by atoms with E-state index in [1.54, 1.807) is 12.1 Å². The van der Waals surface area contributed by atoms with Gasteiger partial charge in [0.1, 0.15) is 35.1 Å². The van der Waals surface area contributed by atoms with E-state index in [4.69, 9.17) is 14.2 Å². The molecule has 81 heavy (non-hydrogen) atoms. The van der Waals surface area contributed by atoms with Crippen LogP contribution in [0.15, 0.2) is 118 Å². The van der Waals surface area contributed by atoms with Crippen LogP contribution in [0.4, 0.5) is 0 Å². The summed E-state index contributed by atoms with van der Waals surface area (Å²) in [5, 5.41) is 0. The van der Waals surface area contributed by atoms with Crippen LogP contribution >= 0.6 is 47.8 Å². The Morgan fingerprint density at radius 2 is 0.815 bits per heavy atom. The number of ether oxygens (including phenoxy) is 3. The normalized spacial score (nSPS) is 16.7. The van der Waals surface area contributed by atoms with E-state index in [2.05, 4.69) is 89.7 Å². The van der Waals surface area contributed by atoms with Gasteiger partial charge in [-0.3, -0.25) is 28.8 Å². The number of fused-ring (bicyclic) bond motifs is 3. The van der Waals surface area contributed by atoms with E-state index in [1.165, 1.54) is 11.1 Å². The topological polar surface area (TPSA) is 177 Å². The number of ketones is 3. The Morgan fingerprint density at radius 3 is 1.14 bits per heavy atom. The highest BCUT2D eigenvalue weighted by Gasteiger charge is 2.39. The summed E-state index contributed by atoms with van der Waals surface area (Å²) in [4.78, 5) is 83.2. The molecule has 3 aliphatic heterocycles. The molecule has 0 bridgehead atoms. The number of carbonyl (C=O) groups excluding carboxylic acids is 3. The van der Waals surface area contributed by atoms with Crippen molar-refractivity contribution in [3.63, 3.8) is 0 Å². The fraction of sp³-hybridized carbons (Fsp3) is 0.364. The van der Waals surface area contributed by atoms with Gasteiger partial charge in [0.25, 0.3) is 16.7 Å². The Balaban J connectivity index is 0.000000175. The van der Waals surface area contributed by atoms with E-state index in [9.17, 15) is 28.8 Å². The molecule has 426 valence electrons. The van der Waals surface area contributed by atoms with Crippen LogP contribution in [0.1, 0.15) is 159 Å². The summed E-state index contributed by atoms with van der Waals surface area (Å²) >= 11 is 10.6. The Bertz CT molecular complexity index is 3620. The number of carbonyl (C=O) groups is 3. The van der Waals surface area contributed by atoms with Crippen molar-refractivity contribution in [1.29, 1.82) is 0 Å². The Morgan fingerprint density at radius 1 is 0.494 bits per heavy atom.